The van der Waals surface area contributed by atoms with Crippen molar-refractivity contribution < 1.29 is 9.90 Å². The Balaban J connectivity index is 1.80. The Morgan fingerprint density at radius 3 is 2.95 bits per heavy atom. The van der Waals surface area contributed by atoms with Crippen molar-refractivity contribution in [3.63, 3.8) is 0 Å². The molecule has 5 nitrogen and oxygen atoms in total. The average Bonchev–Trinajstić information content (AvgIpc) is 3.03. The summed E-state index contributed by atoms with van der Waals surface area (Å²) in [5.41, 5.74) is 2.16. The van der Waals surface area contributed by atoms with E-state index in [1.807, 2.05) is 25.2 Å². The van der Waals surface area contributed by atoms with Crippen LogP contribution in [0.25, 0.3) is 11.0 Å². The molecule has 1 aliphatic heterocycles. The largest absolute Gasteiger partial charge is 0.481 e. The van der Waals surface area contributed by atoms with Crippen molar-refractivity contribution >= 4 is 17.0 Å². The fourth-order valence-corrected chi connectivity index (χ4v) is 3.33. The molecular formula is C16H21N3O2. The van der Waals surface area contributed by atoms with Gasteiger partial charge in [0, 0.05) is 20.0 Å². The van der Waals surface area contributed by atoms with Crippen LogP contribution in [0.15, 0.2) is 24.3 Å². The van der Waals surface area contributed by atoms with E-state index in [0.717, 1.165) is 36.4 Å². The third-order valence-electron chi connectivity index (χ3n) is 4.52. The second kappa shape index (κ2) is 5.48. The number of carbonyl (C=O) groups is 1. The van der Waals surface area contributed by atoms with Crippen molar-refractivity contribution in [2.45, 2.75) is 25.8 Å². The number of fused-ring (bicyclic) bond motifs is 1. The molecule has 1 aliphatic rings. The zero-order valence-electron chi connectivity index (χ0n) is 12.5. The van der Waals surface area contributed by atoms with E-state index in [1.165, 1.54) is 0 Å². The number of aromatic nitrogens is 2. The highest BCUT2D eigenvalue weighted by Gasteiger charge is 2.30. The van der Waals surface area contributed by atoms with E-state index in [9.17, 15) is 4.79 Å². The molecule has 0 amide bonds. The van der Waals surface area contributed by atoms with Gasteiger partial charge in [0.1, 0.15) is 5.82 Å². The number of hydrogen-bond donors (Lipinski definition) is 1. The van der Waals surface area contributed by atoms with E-state index in [-0.39, 0.29) is 18.4 Å². The molecule has 112 valence electrons. The summed E-state index contributed by atoms with van der Waals surface area (Å²) < 4.78 is 2.14. The van der Waals surface area contributed by atoms with Crippen LogP contribution in [0.2, 0.25) is 0 Å². The lowest BCUT2D eigenvalue weighted by Crippen LogP contribution is -2.27. The minimum Gasteiger partial charge on any atom is -0.481 e. The lowest BCUT2D eigenvalue weighted by molar-refractivity contribution is -0.138. The first-order valence-electron chi connectivity index (χ1n) is 7.43. The van der Waals surface area contributed by atoms with Crippen molar-refractivity contribution in [2.24, 2.45) is 13.0 Å². The molecule has 1 fully saturated rings. The third kappa shape index (κ3) is 2.65. The van der Waals surface area contributed by atoms with Crippen molar-refractivity contribution in [3.05, 3.63) is 30.1 Å². The van der Waals surface area contributed by atoms with E-state index < -0.39 is 5.97 Å². The molecule has 1 aromatic heterocycles. The normalized spacial score (nSPS) is 21.0. The number of benzene rings is 1. The van der Waals surface area contributed by atoms with Crippen LogP contribution in [0.3, 0.4) is 0 Å². The van der Waals surface area contributed by atoms with E-state index in [4.69, 9.17) is 10.1 Å². The Kier molecular flexibility index (Phi) is 3.68. The molecule has 1 aromatic carbocycles. The van der Waals surface area contributed by atoms with Crippen molar-refractivity contribution in [2.75, 3.05) is 13.1 Å². The van der Waals surface area contributed by atoms with Gasteiger partial charge in [0.2, 0.25) is 0 Å². The molecule has 2 atom stereocenters. The van der Waals surface area contributed by atoms with Crippen LogP contribution in [0.5, 0.6) is 0 Å². The van der Waals surface area contributed by atoms with Crippen LogP contribution in [0.4, 0.5) is 0 Å². The van der Waals surface area contributed by atoms with E-state index >= 15 is 0 Å². The number of hydrogen-bond acceptors (Lipinski definition) is 3. The highest BCUT2D eigenvalue weighted by atomic mass is 16.4. The Morgan fingerprint density at radius 2 is 2.24 bits per heavy atom. The molecule has 0 bridgehead atoms. The maximum Gasteiger partial charge on any atom is 0.303 e. The van der Waals surface area contributed by atoms with Gasteiger partial charge in [-0.3, -0.25) is 9.69 Å². The molecule has 2 unspecified atom stereocenters. The first kappa shape index (κ1) is 14.1. The fraction of sp³-hybridized carbons (Fsp3) is 0.500. The Bertz CT molecular complexity index is 665. The number of aliphatic carboxylic acids is 1. The third-order valence-corrected chi connectivity index (χ3v) is 4.52. The molecule has 0 aliphatic carbocycles. The van der Waals surface area contributed by atoms with Crippen LogP contribution in [-0.4, -0.2) is 38.6 Å². The van der Waals surface area contributed by atoms with Crippen LogP contribution in [0.1, 0.15) is 31.6 Å². The number of para-hydroxylation sites is 2. The molecule has 0 saturated carbocycles. The molecule has 1 N–H and O–H groups in total. The lowest BCUT2D eigenvalue weighted by Gasteiger charge is -2.23. The highest BCUT2D eigenvalue weighted by Crippen LogP contribution is 2.29. The Labute approximate surface area is 124 Å². The Morgan fingerprint density at radius 1 is 1.48 bits per heavy atom. The molecule has 2 aromatic rings. The van der Waals surface area contributed by atoms with E-state index in [0.29, 0.717) is 0 Å². The predicted molar refractivity (Wildman–Crippen MR) is 81.1 cm³/mol. The van der Waals surface area contributed by atoms with Crippen LogP contribution < -0.4 is 0 Å². The van der Waals surface area contributed by atoms with Gasteiger partial charge in [-0.2, -0.15) is 0 Å². The molecule has 0 spiro atoms. The molecule has 0 radical (unpaired) electrons. The number of aryl methyl sites for hydroxylation is 1. The monoisotopic (exact) mass is 287 g/mol. The summed E-state index contributed by atoms with van der Waals surface area (Å²) in [7, 11) is 2.05. The zero-order valence-corrected chi connectivity index (χ0v) is 12.5. The van der Waals surface area contributed by atoms with Gasteiger partial charge in [-0.25, -0.2) is 4.98 Å². The van der Waals surface area contributed by atoms with Crippen LogP contribution in [0, 0.1) is 5.92 Å². The maximum absolute atomic E-state index is 10.8. The summed E-state index contributed by atoms with van der Waals surface area (Å²) in [6.07, 6.45) is 1.23. The van der Waals surface area contributed by atoms with E-state index in [1.54, 1.807) is 0 Å². The maximum atomic E-state index is 10.8. The summed E-state index contributed by atoms with van der Waals surface area (Å²) in [4.78, 5) is 17.9. The number of likely N-dealkylation sites (tertiary alicyclic amines) is 1. The topological polar surface area (TPSA) is 58.4 Å². The van der Waals surface area contributed by atoms with Crippen LogP contribution in [-0.2, 0) is 11.8 Å². The number of rotatable bonds is 4. The quantitative estimate of drug-likeness (QED) is 0.938. The average molecular weight is 287 g/mol. The van der Waals surface area contributed by atoms with E-state index in [2.05, 4.69) is 22.5 Å². The van der Waals surface area contributed by atoms with Gasteiger partial charge < -0.3 is 9.67 Å². The van der Waals surface area contributed by atoms with Gasteiger partial charge >= 0.3 is 5.97 Å². The van der Waals surface area contributed by atoms with Gasteiger partial charge in [-0.15, -0.1) is 0 Å². The standard InChI is InChI=1S/C16H21N3O2/c1-11(19-8-7-12(10-19)9-15(20)21)16-17-13-5-3-4-6-14(13)18(16)2/h3-6,11-12H,7-10H2,1-2H3,(H,20,21). The summed E-state index contributed by atoms with van der Waals surface area (Å²) in [5, 5.41) is 8.92. The SMILES string of the molecule is CC(c1nc2ccccc2n1C)N1CCC(CC(=O)O)C1. The second-order valence-electron chi connectivity index (χ2n) is 5.94. The molecular weight excluding hydrogens is 266 g/mol. The first-order chi connectivity index (χ1) is 10.1. The van der Waals surface area contributed by atoms with Gasteiger partial charge in [0.25, 0.3) is 0 Å². The number of carboxylic acids is 1. The van der Waals surface area contributed by atoms with Gasteiger partial charge in [0.05, 0.1) is 17.1 Å². The van der Waals surface area contributed by atoms with Crippen molar-refractivity contribution in [1.82, 2.24) is 14.5 Å². The number of nitrogens with zero attached hydrogens (tertiary/aromatic N) is 3. The molecule has 3 rings (SSSR count). The van der Waals surface area contributed by atoms with Crippen molar-refractivity contribution in [3.8, 4) is 0 Å². The second-order valence-corrected chi connectivity index (χ2v) is 5.94. The first-order valence-corrected chi connectivity index (χ1v) is 7.43. The zero-order chi connectivity index (χ0) is 15.0. The summed E-state index contributed by atoms with van der Waals surface area (Å²) in [5.74, 6) is 0.615. The van der Waals surface area contributed by atoms with Gasteiger partial charge in [-0.05, 0) is 37.9 Å². The Hall–Kier alpha value is -1.88. The smallest absolute Gasteiger partial charge is 0.303 e. The summed E-state index contributed by atoms with van der Waals surface area (Å²) in [6, 6.07) is 8.35. The number of carboxylic acid groups (broad SMARTS) is 1. The van der Waals surface area contributed by atoms with Crippen LogP contribution >= 0.6 is 0 Å². The molecule has 1 saturated heterocycles. The van der Waals surface area contributed by atoms with Gasteiger partial charge in [-0.1, -0.05) is 12.1 Å². The van der Waals surface area contributed by atoms with Crippen molar-refractivity contribution in [1.29, 1.82) is 0 Å². The molecule has 5 heteroatoms. The highest BCUT2D eigenvalue weighted by molar-refractivity contribution is 5.75. The van der Waals surface area contributed by atoms with Gasteiger partial charge in [0.15, 0.2) is 0 Å². The molecule has 21 heavy (non-hydrogen) atoms. The summed E-state index contributed by atoms with van der Waals surface area (Å²) in [6.45, 7) is 3.95. The minimum absolute atomic E-state index is 0.209. The summed E-state index contributed by atoms with van der Waals surface area (Å²) >= 11 is 0. The fourth-order valence-electron chi connectivity index (χ4n) is 3.33. The molecule has 2 heterocycles. The predicted octanol–water partition coefficient (Wildman–Crippen LogP) is 2.43. The lowest BCUT2D eigenvalue weighted by atomic mass is 10.1. The number of imidazole rings is 1. The minimum atomic E-state index is -0.697.